The van der Waals surface area contributed by atoms with Crippen molar-refractivity contribution in [1.82, 2.24) is 4.90 Å². The van der Waals surface area contributed by atoms with E-state index in [1.165, 1.54) is 18.2 Å². The Morgan fingerprint density at radius 2 is 1.75 bits per heavy atom. The summed E-state index contributed by atoms with van der Waals surface area (Å²) in [4.78, 5) is 14.2. The lowest BCUT2D eigenvalue weighted by molar-refractivity contribution is 0.0714. The molecule has 0 radical (unpaired) electrons. The highest BCUT2D eigenvalue weighted by Crippen LogP contribution is 2.28. The first-order valence-corrected chi connectivity index (χ1v) is 8.06. The van der Waals surface area contributed by atoms with Crippen LogP contribution in [0.15, 0.2) is 36.4 Å². The summed E-state index contributed by atoms with van der Waals surface area (Å²) < 4.78 is 27.7. The molecule has 2 aromatic rings. The Morgan fingerprint density at radius 1 is 1.08 bits per heavy atom. The average Bonchev–Trinajstić information content (AvgIpc) is 2.55. The van der Waals surface area contributed by atoms with E-state index in [0.717, 1.165) is 12.8 Å². The van der Waals surface area contributed by atoms with Gasteiger partial charge in [0.05, 0.1) is 0 Å². The van der Waals surface area contributed by atoms with Crippen molar-refractivity contribution in [2.75, 3.05) is 13.1 Å². The van der Waals surface area contributed by atoms with E-state index in [1.54, 1.807) is 30.0 Å². The van der Waals surface area contributed by atoms with Crippen LogP contribution in [0.2, 0.25) is 0 Å². The monoisotopic (exact) mass is 330 g/mol. The molecule has 24 heavy (non-hydrogen) atoms. The van der Waals surface area contributed by atoms with Gasteiger partial charge >= 0.3 is 0 Å². The van der Waals surface area contributed by atoms with Crippen molar-refractivity contribution >= 4 is 5.91 Å². The largest absolute Gasteiger partial charge is 0.339 e. The van der Waals surface area contributed by atoms with Gasteiger partial charge < -0.3 is 10.6 Å². The maximum absolute atomic E-state index is 14.5. The molecule has 2 N–H and O–H groups in total. The maximum atomic E-state index is 14.5. The van der Waals surface area contributed by atoms with Gasteiger partial charge in [-0.25, -0.2) is 8.78 Å². The van der Waals surface area contributed by atoms with Crippen molar-refractivity contribution in [2.24, 2.45) is 5.73 Å². The lowest BCUT2D eigenvalue weighted by Crippen LogP contribution is -2.42. The highest BCUT2D eigenvalue weighted by Gasteiger charge is 2.22. The molecule has 3 nitrogen and oxygen atoms in total. The number of piperidine rings is 1. The second-order valence-electron chi connectivity index (χ2n) is 6.28. The van der Waals surface area contributed by atoms with Crippen molar-refractivity contribution in [3.05, 3.63) is 59.2 Å². The van der Waals surface area contributed by atoms with Crippen LogP contribution in [0.4, 0.5) is 8.78 Å². The summed E-state index contributed by atoms with van der Waals surface area (Å²) in [6.45, 7) is 2.93. The molecule has 126 valence electrons. The summed E-state index contributed by atoms with van der Waals surface area (Å²) in [6, 6.07) is 8.82. The predicted molar refractivity (Wildman–Crippen MR) is 89.6 cm³/mol. The van der Waals surface area contributed by atoms with Gasteiger partial charge in [-0.1, -0.05) is 12.1 Å². The number of rotatable bonds is 2. The zero-order valence-corrected chi connectivity index (χ0v) is 13.6. The zero-order chi connectivity index (χ0) is 17.3. The summed E-state index contributed by atoms with van der Waals surface area (Å²) in [5, 5.41) is 0. The van der Waals surface area contributed by atoms with E-state index in [-0.39, 0.29) is 17.8 Å². The topological polar surface area (TPSA) is 46.3 Å². The predicted octanol–water partition coefficient (Wildman–Crippen LogP) is 3.50. The fourth-order valence-electron chi connectivity index (χ4n) is 3.08. The van der Waals surface area contributed by atoms with E-state index in [0.29, 0.717) is 35.3 Å². The summed E-state index contributed by atoms with van der Waals surface area (Å²) in [5.41, 5.74) is 7.81. The van der Waals surface area contributed by atoms with Crippen LogP contribution in [0.3, 0.4) is 0 Å². The summed E-state index contributed by atoms with van der Waals surface area (Å²) in [5.74, 6) is -1.01. The molecular formula is C19H20F2N2O. The molecule has 2 aromatic carbocycles. The number of likely N-dealkylation sites (tertiary alicyclic amines) is 1. The van der Waals surface area contributed by atoms with Crippen LogP contribution < -0.4 is 5.73 Å². The van der Waals surface area contributed by atoms with Gasteiger partial charge in [-0.15, -0.1) is 0 Å². The third-order valence-electron chi connectivity index (χ3n) is 4.52. The molecule has 0 atom stereocenters. The van der Waals surface area contributed by atoms with Crippen molar-refractivity contribution in [2.45, 2.75) is 25.8 Å². The smallest absolute Gasteiger partial charge is 0.253 e. The Balaban J connectivity index is 1.86. The van der Waals surface area contributed by atoms with Crippen LogP contribution in [-0.2, 0) is 0 Å². The van der Waals surface area contributed by atoms with Gasteiger partial charge in [0, 0.05) is 30.3 Å². The Bertz CT molecular complexity index is 768. The van der Waals surface area contributed by atoms with Gasteiger partial charge in [0.15, 0.2) is 0 Å². The van der Waals surface area contributed by atoms with E-state index in [4.69, 9.17) is 5.73 Å². The Kier molecular flexibility index (Phi) is 4.62. The number of hydrogen-bond donors (Lipinski definition) is 1. The molecule has 1 saturated heterocycles. The second-order valence-corrected chi connectivity index (χ2v) is 6.28. The number of amides is 1. The van der Waals surface area contributed by atoms with E-state index in [1.807, 2.05) is 0 Å². The molecule has 3 rings (SSSR count). The van der Waals surface area contributed by atoms with E-state index < -0.39 is 5.82 Å². The molecular weight excluding hydrogens is 310 g/mol. The highest BCUT2D eigenvalue weighted by atomic mass is 19.1. The molecule has 5 heteroatoms. The molecule has 1 amide bonds. The Hall–Kier alpha value is -2.27. The molecule has 0 aliphatic carbocycles. The van der Waals surface area contributed by atoms with Gasteiger partial charge in [0.25, 0.3) is 5.91 Å². The van der Waals surface area contributed by atoms with Crippen LogP contribution in [0.1, 0.15) is 28.8 Å². The minimum Gasteiger partial charge on any atom is -0.339 e. The highest BCUT2D eigenvalue weighted by molar-refractivity contribution is 5.95. The lowest BCUT2D eigenvalue weighted by atomic mass is 9.98. The number of carbonyl (C=O) groups is 1. The number of hydrogen-bond acceptors (Lipinski definition) is 2. The normalized spacial score (nSPS) is 15.6. The zero-order valence-electron chi connectivity index (χ0n) is 13.6. The number of nitrogens with two attached hydrogens (primary N) is 1. The third-order valence-corrected chi connectivity index (χ3v) is 4.52. The number of aryl methyl sites for hydroxylation is 1. The quantitative estimate of drug-likeness (QED) is 0.916. The molecule has 1 aliphatic heterocycles. The number of nitrogens with zero attached hydrogens (tertiary/aromatic N) is 1. The lowest BCUT2D eigenvalue weighted by Gasteiger charge is -2.30. The SMILES string of the molecule is Cc1cc(F)ccc1-c1ccc(C(=O)N2CCC(N)CC2)cc1F. The summed E-state index contributed by atoms with van der Waals surface area (Å²) >= 11 is 0. The van der Waals surface area contributed by atoms with Crippen molar-refractivity contribution in [3.8, 4) is 11.1 Å². The van der Waals surface area contributed by atoms with E-state index in [2.05, 4.69) is 0 Å². The van der Waals surface area contributed by atoms with Crippen molar-refractivity contribution < 1.29 is 13.6 Å². The summed E-state index contributed by atoms with van der Waals surface area (Å²) in [6.07, 6.45) is 1.53. The second kappa shape index (κ2) is 6.69. The minimum absolute atomic E-state index is 0.134. The first-order chi connectivity index (χ1) is 11.5. The van der Waals surface area contributed by atoms with Crippen molar-refractivity contribution in [3.63, 3.8) is 0 Å². The standard InChI is InChI=1S/C19H20F2N2O/c1-12-10-14(20)3-5-16(12)17-4-2-13(11-18(17)21)19(24)23-8-6-15(22)7-9-23/h2-5,10-11,15H,6-9,22H2,1H3. The fourth-order valence-corrected chi connectivity index (χ4v) is 3.08. The number of carbonyl (C=O) groups excluding carboxylic acids is 1. The first-order valence-electron chi connectivity index (χ1n) is 8.06. The molecule has 1 aliphatic rings. The van der Waals surface area contributed by atoms with Gasteiger partial charge in [-0.3, -0.25) is 4.79 Å². The average molecular weight is 330 g/mol. The van der Waals surface area contributed by atoms with Gasteiger partial charge in [-0.05, 0) is 55.2 Å². The van der Waals surface area contributed by atoms with Crippen LogP contribution in [-0.4, -0.2) is 29.9 Å². The fraction of sp³-hybridized carbons (Fsp3) is 0.316. The Labute approximate surface area is 140 Å². The van der Waals surface area contributed by atoms with Gasteiger partial charge in [-0.2, -0.15) is 0 Å². The van der Waals surface area contributed by atoms with Crippen LogP contribution in [0.25, 0.3) is 11.1 Å². The molecule has 0 spiro atoms. The molecule has 1 fully saturated rings. The molecule has 0 bridgehead atoms. The molecule has 0 aromatic heterocycles. The Morgan fingerprint density at radius 3 is 2.38 bits per heavy atom. The van der Waals surface area contributed by atoms with Crippen LogP contribution in [0, 0.1) is 18.6 Å². The minimum atomic E-state index is -0.482. The third kappa shape index (κ3) is 3.31. The van der Waals surface area contributed by atoms with Crippen molar-refractivity contribution in [1.29, 1.82) is 0 Å². The van der Waals surface area contributed by atoms with Gasteiger partial charge in [0.1, 0.15) is 11.6 Å². The first kappa shape index (κ1) is 16.6. The molecule has 0 unspecified atom stereocenters. The van der Waals surface area contributed by atoms with Gasteiger partial charge in [0.2, 0.25) is 0 Å². The molecule has 1 heterocycles. The van der Waals surface area contributed by atoms with E-state index >= 15 is 0 Å². The molecule has 0 saturated carbocycles. The summed E-state index contributed by atoms with van der Waals surface area (Å²) in [7, 11) is 0. The maximum Gasteiger partial charge on any atom is 0.253 e. The van der Waals surface area contributed by atoms with Crippen LogP contribution in [0.5, 0.6) is 0 Å². The number of benzene rings is 2. The van der Waals surface area contributed by atoms with E-state index in [9.17, 15) is 13.6 Å². The van der Waals surface area contributed by atoms with Crippen LogP contribution >= 0.6 is 0 Å². The number of halogens is 2.